The van der Waals surface area contributed by atoms with Crippen LogP contribution < -0.4 is 10.1 Å². The molecule has 0 radical (unpaired) electrons. The van der Waals surface area contributed by atoms with Crippen LogP contribution in [-0.2, 0) is 4.79 Å². The lowest BCUT2D eigenvalue weighted by Gasteiger charge is -2.34. The fourth-order valence-corrected chi connectivity index (χ4v) is 4.10. The summed E-state index contributed by atoms with van der Waals surface area (Å²) in [6, 6.07) is 7.61. The van der Waals surface area contributed by atoms with Gasteiger partial charge >= 0.3 is 0 Å². The lowest BCUT2D eigenvalue weighted by Crippen LogP contribution is -2.40. The summed E-state index contributed by atoms with van der Waals surface area (Å²) >= 11 is 0. The number of hydrogen-bond acceptors (Lipinski definition) is 3. The number of hydrogen-bond donors (Lipinski definition) is 1. The number of amides is 1. The Bertz CT molecular complexity index is 532. The predicted molar refractivity (Wildman–Crippen MR) is 97.4 cm³/mol. The van der Waals surface area contributed by atoms with Crippen molar-refractivity contribution >= 4 is 11.6 Å². The van der Waals surface area contributed by atoms with Crippen molar-refractivity contribution in [3.8, 4) is 5.75 Å². The molecule has 4 heteroatoms. The number of anilines is 1. The number of methoxy groups -OCH3 is 1. The van der Waals surface area contributed by atoms with E-state index in [9.17, 15) is 4.79 Å². The van der Waals surface area contributed by atoms with Gasteiger partial charge in [-0.25, -0.2) is 0 Å². The molecule has 132 valence electrons. The molecule has 1 N–H and O–H groups in total. The molecule has 1 heterocycles. The summed E-state index contributed by atoms with van der Waals surface area (Å²) in [5.74, 6) is 1.87. The second-order valence-corrected chi connectivity index (χ2v) is 7.27. The largest absolute Gasteiger partial charge is 0.495 e. The number of para-hydroxylation sites is 2. The van der Waals surface area contributed by atoms with Gasteiger partial charge in [-0.3, -0.25) is 4.79 Å². The van der Waals surface area contributed by atoms with E-state index in [-0.39, 0.29) is 11.8 Å². The molecule has 3 rings (SSSR count). The number of carbonyl (C=O) groups excluding carboxylic acids is 1. The molecule has 0 atom stereocenters. The Morgan fingerprint density at radius 3 is 2.54 bits per heavy atom. The molecule has 2 aliphatic rings. The van der Waals surface area contributed by atoms with Crippen LogP contribution in [0.4, 0.5) is 5.69 Å². The third-order valence-corrected chi connectivity index (χ3v) is 5.56. The van der Waals surface area contributed by atoms with Gasteiger partial charge in [0, 0.05) is 12.5 Å². The number of nitrogens with zero attached hydrogens (tertiary/aromatic N) is 1. The number of rotatable bonds is 5. The molecule has 1 aliphatic heterocycles. The minimum atomic E-state index is 0.123. The zero-order chi connectivity index (χ0) is 16.8. The van der Waals surface area contributed by atoms with Crippen molar-refractivity contribution in [3.05, 3.63) is 24.3 Å². The average molecular weight is 330 g/mol. The Hall–Kier alpha value is -1.55. The first kappa shape index (κ1) is 17.3. The smallest absolute Gasteiger partial charge is 0.227 e. The van der Waals surface area contributed by atoms with Crippen LogP contribution in [0.5, 0.6) is 5.75 Å². The number of piperidine rings is 1. The average Bonchev–Trinajstić information content (AvgIpc) is 2.63. The van der Waals surface area contributed by atoms with Gasteiger partial charge < -0.3 is 15.0 Å². The van der Waals surface area contributed by atoms with E-state index in [1.165, 1.54) is 38.6 Å². The molecule has 0 bridgehead atoms. The van der Waals surface area contributed by atoms with Crippen LogP contribution >= 0.6 is 0 Å². The van der Waals surface area contributed by atoms with Gasteiger partial charge in [-0.05, 0) is 56.8 Å². The van der Waals surface area contributed by atoms with Crippen LogP contribution in [0.15, 0.2) is 24.3 Å². The summed E-state index contributed by atoms with van der Waals surface area (Å²) < 4.78 is 5.31. The predicted octanol–water partition coefficient (Wildman–Crippen LogP) is 3.93. The quantitative estimate of drug-likeness (QED) is 0.889. The first-order valence-corrected chi connectivity index (χ1v) is 9.42. The molecule has 0 spiro atoms. The maximum atomic E-state index is 12.5. The summed E-state index contributed by atoms with van der Waals surface area (Å²) in [7, 11) is 1.63. The maximum absolute atomic E-state index is 12.5. The highest BCUT2D eigenvalue weighted by molar-refractivity contribution is 5.94. The summed E-state index contributed by atoms with van der Waals surface area (Å²) in [4.78, 5) is 15.1. The summed E-state index contributed by atoms with van der Waals surface area (Å²) in [5.41, 5.74) is 0.773. The van der Waals surface area contributed by atoms with Crippen molar-refractivity contribution in [3.63, 3.8) is 0 Å². The molecular weight excluding hydrogens is 300 g/mol. The van der Waals surface area contributed by atoms with Gasteiger partial charge in [-0.15, -0.1) is 0 Å². The van der Waals surface area contributed by atoms with E-state index in [4.69, 9.17) is 4.74 Å². The van der Waals surface area contributed by atoms with Crippen molar-refractivity contribution < 1.29 is 9.53 Å². The standard InChI is InChI=1S/C20H30N2O2/c1-24-19-10-6-5-9-18(19)21-20(23)17-11-13-22(14-12-17)15-16-7-3-2-4-8-16/h5-6,9-10,16-17H,2-4,7-8,11-15H2,1H3,(H,21,23). The second-order valence-electron chi connectivity index (χ2n) is 7.27. The van der Waals surface area contributed by atoms with Crippen molar-refractivity contribution in [1.29, 1.82) is 0 Å². The van der Waals surface area contributed by atoms with Crippen LogP contribution in [0.3, 0.4) is 0 Å². The Morgan fingerprint density at radius 2 is 1.83 bits per heavy atom. The number of benzene rings is 1. The number of likely N-dealkylation sites (tertiary alicyclic amines) is 1. The molecule has 1 saturated heterocycles. The zero-order valence-electron chi connectivity index (χ0n) is 14.8. The fourth-order valence-electron chi connectivity index (χ4n) is 4.10. The van der Waals surface area contributed by atoms with Crippen LogP contribution in [0.1, 0.15) is 44.9 Å². The Balaban J connectivity index is 1.46. The molecule has 2 fully saturated rings. The number of nitrogens with one attached hydrogen (secondary N) is 1. The lowest BCUT2D eigenvalue weighted by molar-refractivity contribution is -0.121. The molecule has 0 aromatic heterocycles. The lowest BCUT2D eigenvalue weighted by atomic mass is 9.88. The van der Waals surface area contributed by atoms with E-state index in [1.54, 1.807) is 7.11 Å². The Kier molecular flexibility index (Phi) is 6.13. The molecule has 24 heavy (non-hydrogen) atoms. The highest BCUT2D eigenvalue weighted by atomic mass is 16.5. The minimum Gasteiger partial charge on any atom is -0.495 e. The highest BCUT2D eigenvalue weighted by Gasteiger charge is 2.27. The van der Waals surface area contributed by atoms with E-state index >= 15 is 0 Å². The Morgan fingerprint density at radius 1 is 1.12 bits per heavy atom. The molecule has 1 saturated carbocycles. The van der Waals surface area contributed by atoms with Crippen molar-refractivity contribution in [2.75, 3.05) is 32.1 Å². The van der Waals surface area contributed by atoms with Crippen LogP contribution in [0.2, 0.25) is 0 Å². The van der Waals surface area contributed by atoms with Crippen LogP contribution in [-0.4, -0.2) is 37.6 Å². The van der Waals surface area contributed by atoms with Gasteiger partial charge in [0.25, 0.3) is 0 Å². The van der Waals surface area contributed by atoms with E-state index in [0.29, 0.717) is 0 Å². The summed E-state index contributed by atoms with van der Waals surface area (Å²) in [5, 5.41) is 3.04. The molecular formula is C20H30N2O2. The monoisotopic (exact) mass is 330 g/mol. The first-order chi connectivity index (χ1) is 11.8. The van der Waals surface area contributed by atoms with Crippen LogP contribution in [0.25, 0.3) is 0 Å². The normalized spacial score (nSPS) is 20.7. The van der Waals surface area contributed by atoms with Crippen molar-refractivity contribution in [2.24, 2.45) is 11.8 Å². The third-order valence-electron chi connectivity index (χ3n) is 5.56. The summed E-state index contributed by atoms with van der Waals surface area (Å²) in [6.45, 7) is 3.35. The van der Waals surface area contributed by atoms with Gasteiger partial charge in [0.15, 0.2) is 0 Å². The summed E-state index contributed by atoms with van der Waals surface area (Å²) in [6.07, 6.45) is 8.95. The van der Waals surface area contributed by atoms with E-state index in [2.05, 4.69) is 10.2 Å². The SMILES string of the molecule is COc1ccccc1NC(=O)C1CCN(CC2CCCCC2)CC1. The Labute approximate surface area is 145 Å². The topological polar surface area (TPSA) is 41.6 Å². The van der Waals surface area contributed by atoms with E-state index in [1.807, 2.05) is 24.3 Å². The maximum Gasteiger partial charge on any atom is 0.227 e. The minimum absolute atomic E-state index is 0.123. The molecule has 0 unspecified atom stereocenters. The van der Waals surface area contributed by atoms with Gasteiger partial charge in [0.05, 0.1) is 12.8 Å². The second kappa shape index (κ2) is 8.52. The number of ether oxygens (including phenoxy) is 1. The van der Waals surface area contributed by atoms with Crippen molar-refractivity contribution in [1.82, 2.24) is 4.90 Å². The van der Waals surface area contributed by atoms with Gasteiger partial charge in [-0.2, -0.15) is 0 Å². The molecule has 4 nitrogen and oxygen atoms in total. The van der Waals surface area contributed by atoms with Gasteiger partial charge in [-0.1, -0.05) is 31.4 Å². The molecule has 1 aromatic rings. The molecule has 1 aromatic carbocycles. The van der Waals surface area contributed by atoms with Crippen LogP contribution in [0, 0.1) is 11.8 Å². The molecule has 1 aliphatic carbocycles. The van der Waals surface area contributed by atoms with E-state index < -0.39 is 0 Å². The van der Waals surface area contributed by atoms with Gasteiger partial charge in [0.1, 0.15) is 5.75 Å². The first-order valence-electron chi connectivity index (χ1n) is 9.42. The van der Waals surface area contributed by atoms with E-state index in [0.717, 1.165) is 43.3 Å². The van der Waals surface area contributed by atoms with Crippen molar-refractivity contribution in [2.45, 2.75) is 44.9 Å². The molecule has 1 amide bonds. The highest BCUT2D eigenvalue weighted by Crippen LogP contribution is 2.28. The zero-order valence-corrected chi connectivity index (χ0v) is 14.8. The van der Waals surface area contributed by atoms with Gasteiger partial charge in [0.2, 0.25) is 5.91 Å². The third kappa shape index (κ3) is 4.50. The fraction of sp³-hybridized carbons (Fsp3) is 0.650. The number of carbonyl (C=O) groups is 1.